The number of anilines is 1. The first-order valence-electron chi connectivity index (χ1n) is 7.26. The number of sulfonamides is 1. The molecule has 2 rings (SSSR count). The zero-order valence-corrected chi connectivity index (χ0v) is 15.7. The second-order valence-corrected chi connectivity index (χ2v) is 9.15. The van der Waals surface area contributed by atoms with Crippen LogP contribution in [0.4, 0.5) is 5.13 Å². The summed E-state index contributed by atoms with van der Waals surface area (Å²) in [7, 11) is -3.83. The van der Waals surface area contributed by atoms with Gasteiger partial charge in [-0.2, -0.15) is 0 Å². The lowest BCUT2D eigenvalue weighted by atomic mass is 10.1. The lowest BCUT2D eigenvalue weighted by Gasteiger charge is -2.18. The molecule has 2 heterocycles. The highest BCUT2D eigenvalue weighted by Gasteiger charge is 2.26. The van der Waals surface area contributed by atoms with Crippen LogP contribution in [0.25, 0.3) is 0 Å². The van der Waals surface area contributed by atoms with Crippen LogP contribution < -0.4 is 10.0 Å². The maximum absolute atomic E-state index is 12.2. The Morgan fingerprint density at radius 1 is 1.25 bits per heavy atom. The lowest BCUT2D eigenvalue weighted by molar-refractivity contribution is 0.0991. The summed E-state index contributed by atoms with van der Waals surface area (Å²) in [5, 5.41) is 11.2. The van der Waals surface area contributed by atoms with Crippen LogP contribution in [0.3, 0.4) is 0 Å². The van der Waals surface area contributed by atoms with Crippen molar-refractivity contribution in [2.45, 2.75) is 51.2 Å². The van der Waals surface area contributed by atoms with E-state index in [1.807, 2.05) is 13.8 Å². The van der Waals surface area contributed by atoms with Gasteiger partial charge >= 0.3 is 0 Å². The van der Waals surface area contributed by atoms with Crippen molar-refractivity contribution in [2.24, 2.45) is 0 Å². The molecule has 2 N–H and O–H groups in total. The molecule has 2 aromatic heterocycles. The van der Waals surface area contributed by atoms with Crippen LogP contribution in [0.15, 0.2) is 21.6 Å². The summed E-state index contributed by atoms with van der Waals surface area (Å²) < 4.78 is 32.0. The Labute approximate surface area is 144 Å². The van der Waals surface area contributed by atoms with Crippen molar-refractivity contribution in [3.8, 4) is 0 Å². The predicted octanol–water partition coefficient (Wildman–Crippen LogP) is 2.58. The summed E-state index contributed by atoms with van der Waals surface area (Å²) >= 11 is 1.26. The van der Waals surface area contributed by atoms with Gasteiger partial charge in [0.15, 0.2) is 5.76 Å². The average molecular weight is 372 g/mol. The molecule has 0 radical (unpaired) electrons. The molecule has 0 spiro atoms. The molecular formula is C14H20N4O4S2. The number of furan rings is 1. The molecule has 0 bridgehead atoms. The van der Waals surface area contributed by atoms with E-state index in [0.717, 1.165) is 5.01 Å². The standard InChI is InChI=1S/C14H20N4O4S2/c1-8(2)12-16-17-13(23-12)15-11(19)9-6-7-10(22-9)24(20,21)18-14(3,4)5/h6-8,18H,1-5H3,(H,15,17,19). The molecule has 0 fully saturated rings. The number of nitrogens with one attached hydrogen (secondary N) is 2. The van der Waals surface area contributed by atoms with Crippen LogP contribution in [0.2, 0.25) is 0 Å². The third kappa shape index (κ3) is 4.62. The van der Waals surface area contributed by atoms with Gasteiger partial charge in [-0.25, -0.2) is 13.1 Å². The van der Waals surface area contributed by atoms with Gasteiger partial charge in [0.05, 0.1) is 0 Å². The first-order chi connectivity index (χ1) is 11.0. The van der Waals surface area contributed by atoms with E-state index in [2.05, 4.69) is 20.2 Å². The Balaban J connectivity index is 2.13. The largest absolute Gasteiger partial charge is 0.438 e. The number of rotatable bonds is 5. The van der Waals surface area contributed by atoms with Gasteiger partial charge in [0, 0.05) is 11.5 Å². The lowest BCUT2D eigenvalue weighted by Crippen LogP contribution is -2.40. The zero-order chi connectivity index (χ0) is 18.1. The summed E-state index contributed by atoms with van der Waals surface area (Å²) in [6.45, 7) is 9.07. The summed E-state index contributed by atoms with van der Waals surface area (Å²) in [4.78, 5) is 12.1. The van der Waals surface area contributed by atoms with E-state index in [0.29, 0.717) is 5.13 Å². The van der Waals surface area contributed by atoms with Crippen LogP contribution in [0.5, 0.6) is 0 Å². The van der Waals surface area contributed by atoms with Gasteiger partial charge in [0.25, 0.3) is 15.9 Å². The molecule has 10 heteroatoms. The minimum absolute atomic E-state index is 0.120. The first-order valence-corrected chi connectivity index (χ1v) is 9.56. The molecule has 24 heavy (non-hydrogen) atoms. The third-order valence-electron chi connectivity index (χ3n) is 2.67. The van der Waals surface area contributed by atoms with E-state index in [9.17, 15) is 13.2 Å². The van der Waals surface area contributed by atoms with Crippen LogP contribution in [0, 0.1) is 0 Å². The summed E-state index contributed by atoms with van der Waals surface area (Å²) in [6, 6.07) is 2.54. The molecule has 0 unspecified atom stereocenters. The first kappa shape index (κ1) is 18.6. The van der Waals surface area contributed by atoms with E-state index in [1.165, 1.54) is 23.5 Å². The van der Waals surface area contributed by atoms with Crippen molar-refractivity contribution >= 4 is 32.4 Å². The Morgan fingerprint density at radius 3 is 2.46 bits per heavy atom. The monoisotopic (exact) mass is 372 g/mol. The van der Waals surface area contributed by atoms with Gasteiger partial charge in [-0.15, -0.1) is 10.2 Å². The number of hydrogen-bond acceptors (Lipinski definition) is 7. The minimum Gasteiger partial charge on any atom is -0.438 e. The van der Waals surface area contributed by atoms with Crippen molar-refractivity contribution in [1.29, 1.82) is 0 Å². The quantitative estimate of drug-likeness (QED) is 0.834. The average Bonchev–Trinajstić information content (AvgIpc) is 3.04. The Bertz CT molecular complexity index is 831. The van der Waals surface area contributed by atoms with Crippen LogP contribution >= 0.6 is 11.3 Å². The van der Waals surface area contributed by atoms with Crippen LogP contribution in [0.1, 0.15) is 56.1 Å². The normalized spacial score (nSPS) is 12.6. The van der Waals surface area contributed by atoms with Crippen molar-refractivity contribution in [2.75, 3.05) is 5.32 Å². The molecular weight excluding hydrogens is 352 g/mol. The second kappa shape index (κ2) is 6.61. The molecule has 0 aromatic carbocycles. The topological polar surface area (TPSA) is 114 Å². The molecule has 132 valence electrons. The highest BCUT2D eigenvalue weighted by molar-refractivity contribution is 7.89. The Morgan fingerprint density at radius 2 is 1.92 bits per heavy atom. The molecule has 1 amide bonds. The Kier molecular flexibility index (Phi) is 5.11. The van der Waals surface area contributed by atoms with Gasteiger partial charge < -0.3 is 4.42 Å². The van der Waals surface area contributed by atoms with Crippen molar-refractivity contribution < 1.29 is 17.6 Å². The predicted molar refractivity (Wildman–Crippen MR) is 90.7 cm³/mol. The molecule has 0 saturated carbocycles. The molecule has 0 aliphatic heterocycles. The summed E-state index contributed by atoms with van der Waals surface area (Å²) in [5.74, 6) is -0.499. The minimum atomic E-state index is -3.83. The number of amides is 1. The second-order valence-electron chi connectivity index (χ2n) is 6.53. The van der Waals surface area contributed by atoms with Gasteiger partial charge in [-0.3, -0.25) is 10.1 Å². The number of nitrogens with zero attached hydrogens (tertiary/aromatic N) is 2. The summed E-state index contributed by atoms with van der Waals surface area (Å²) in [6.07, 6.45) is 0. The van der Waals surface area contributed by atoms with Crippen molar-refractivity contribution in [1.82, 2.24) is 14.9 Å². The highest BCUT2D eigenvalue weighted by Crippen LogP contribution is 2.23. The van der Waals surface area contributed by atoms with Gasteiger partial charge in [0.1, 0.15) is 5.01 Å². The van der Waals surface area contributed by atoms with E-state index >= 15 is 0 Å². The molecule has 8 nitrogen and oxygen atoms in total. The van der Waals surface area contributed by atoms with E-state index in [1.54, 1.807) is 20.8 Å². The number of carbonyl (C=O) groups is 1. The smallest absolute Gasteiger partial charge is 0.293 e. The fourth-order valence-corrected chi connectivity index (χ4v) is 3.81. The third-order valence-corrected chi connectivity index (χ3v) is 5.44. The molecule has 0 saturated heterocycles. The SMILES string of the molecule is CC(C)c1nnc(NC(=O)c2ccc(S(=O)(=O)NC(C)(C)C)o2)s1. The Hall–Kier alpha value is -1.78. The van der Waals surface area contributed by atoms with E-state index < -0.39 is 21.5 Å². The molecule has 2 aromatic rings. The maximum Gasteiger partial charge on any atom is 0.293 e. The number of carbonyl (C=O) groups excluding carboxylic acids is 1. The van der Waals surface area contributed by atoms with Crippen molar-refractivity contribution in [3.63, 3.8) is 0 Å². The number of aromatic nitrogens is 2. The molecule has 0 aliphatic carbocycles. The van der Waals surface area contributed by atoms with Gasteiger partial charge in [-0.1, -0.05) is 25.2 Å². The molecule has 0 aliphatic rings. The highest BCUT2D eigenvalue weighted by atomic mass is 32.2. The fraction of sp³-hybridized carbons (Fsp3) is 0.500. The zero-order valence-electron chi connectivity index (χ0n) is 14.1. The maximum atomic E-state index is 12.2. The van der Waals surface area contributed by atoms with Gasteiger partial charge in [0.2, 0.25) is 10.2 Å². The van der Waals surface area contributed by atoms with E-state index in [-0.39, 0.29) is 16.8 Å². The fourth-order valence-electron chi connectivity index (χ4n) is 1.72. The summed E-state index contributed by atoms with van der Waals surface area (Å²) in [5.41, 5.74) is -0.659. The van der Waals surface area contributed by atoms with E-state index in [4.69, 9.17) is 4.42 Å². The van der Waals surface area contributed by atoms with Gasteiger partial charge in [-0.05, 0) is 32.9 Å². The number of hydrogen-bond donors (Lipinski definition) is 2. The van der Waals surface area contributed by atoms with Crippen LogP contribution in [-0.2, 0) is 10.0 Å². The van der Waals surface area contributed by atoms with Crippen molar-refractivity contribution in [3.05, 3.63) is 22.9 Å². The molecule has 0 atom stereocenters. The van der Waals surface area contributed by atoms with Crippen LogP contribution in [-0.4, -0.2) is 30.1 Å².